The summed E-state index contributed by atoms with van der Waals surface area (Å²) in [7, 11) is 0. The molecule has 0 aliphatic carbocycles. The fourth-order valence-corrected chi connectivity index (χ4v) is 6.87. The van der Waals surface area contributed by atoms with Crippen LogP contribution in [0.1, 0.15) is 46.5 Å². The van der Waals surface area contributed by atoms with Crippen molar-refractivity contribution >= 4 is 35.1 Å². The summed E-state index contributed by atoms with van der Waals surface area (Å²) in [5.41, 5.74) is -1.69. The molecular weight excluding hydrogens is 484 g/mol. The zero-order valence-electron chi connectivity index (χ0n) is 21.0. The standard InChI is InChI=1S/C27H35ClN2O6/c1-5-13-29(18-9-7-17(28)8-10-18)24(33)22-27-12-11-26(6-2,36-27)21(25(34)35)20(27)23(32)30(22)19(15-31)14-16(3)4/h5,7-10,16,19-22,31H,1,6,11-15H2,2-4H3,(H,34,35)/t19-,20+,21-,22?,26+,27?/m1/s1. The first kappa shape index (κ1) is 26.6. The molecule has 196 valence electrons. The van der Waals surface area contributed by atoms with Gasteiger partial charge < -0.3 is 24.7 Å². The maximum atomic E-state index is 14.4. The molecule has 1 spiro atoms. The number of nitrogens with zero attached hydrogens (tertiary/aromatic N) is 2. The lowest BCUT2D eigenvalue weighted by molar-refractivity contribution is -0.157. The molecular formula is C27H35ClN2O6. The molecule has 0 saturated carbocycles. The topological polar surface area (TPSA) is 107 Å². The molecule has 3 aliphatic rings. The first-order valence-electron chi connectivity index (χ1n) is 12.6. The first-order valence-corrected chi connectivity index (χ1v) is 13.0. The van der Waals surface area contributed by atoms with Crippen molar-refractivity contribution in [1.29, 1.82) is 0 Å². The van der Waals surface area contributed by atoms with E-state index in [1.54, 1.807) is 30.3 Å². The lowest BCUT2D eigenvalue weighted by Gasteiger charge is -2.40. The van der Waals surface area contributed by atoms with Gasteiger partial charge in [-0.15, -0.1) is 6.58 Å². The number of hydrogen-bond acceptors (Lipinski definition) is 5. The first-order chi connectivity index (χ1) is 17.1. The Hall–Kier alpha value is -2.42. The molecule has 4 rings (SSSR count). The van der Waals surface area contributed by atoms with Gasteiger partial charge in [0, 0.05) is 17.3 Å². The van der Waals surface area contributed by atoms with E-state index >= 15 is 0 Å². The van der Waals surface area contributed by atoms with E-state index in [4.69, 9.17) is 16.3 Å². The summed E-state index contributed by atoms with van der Waals surface area (Å²) < 4.78 is 6.59. The van der Waals surface area contributed by atoms with Gasteiger partial charge in [0.15, 0.2) is 0 Å². The molecule has 6 atom stereocenters. The van der Waals surface area contributed by atoms with Crippen LogP contribution in [0.5, 0.6) is 0 Å². The maximum Gasteiger partial charge on any atom is 0.310 e. The number of aliphatic hydroxyl groups is 1. The molecule has 36 heavy (non-hydrogen) atoms. The SMILES string of the molecule is C=CCN(C(=O)C1N([C@@H](CO)CC(C)C)C(=O)[C@@H]2[C@H](C(=O)O)[C@]3(CC)CCC12O3)c1ccc(Cl)cc1. The summed E-state index contributed by atoms with van der Waals surface area (Å²) >= 11 is 6.07. The van der Waals surface area contributed by atoms with E-state index in [0.717, 1.165) is 0 Å². The van der Waals surface area contributed by atoms with Crippen molar-refractivity contribution in [2.75, 3.05) is 18.1 Å². The number of aliphatic carboxylic acids is 1. The quantitative estimate of drug-likeness (QED) is 0.459. The third-order valence-electron chi connectivity index (χ3n) is 8.18. The molecule has 9 heteroatoms. The third kappa shape index (κ3) is 3.94. The number of halogens is 1. The molecule has 3 heterocycles. The Morgan fingerprint density at radius 1 is 1.31 bits per heavy atom. The molecule has 0 radical (unpaired) electrons. The van der Waals surface area contributed by atoms with Gasteiger partial charge in [-0.2, -0.15) is 0 Å². The van der Waals surface area contributed by atoms with Gasteiger partial charge in [-0.25, -0.2) is 0 Å². The fraction of sp³-hybridized carbons (Fsp3) is 0.593. The Labute approximate surface area is 216 Å². The van der Waals surface area contributed by atoms with Crippen molar-refractivity contribution in [1.82, 2.24) is 4.90 Å². The molecule has 2 N–H and O–H groups in total. The van der Waals surface area contributed by atoms with Crippen molar-refractivity contribution in [2.24, 2.45) is 17.8 Å². The van der Waals surface area contributed by atoms with E-state index < -0.39 is 47.0 Å². The van der Waals surface area contributed by atoms with Crippen LogP contribution in [0.4, 0.5) is 5.69 Å². The zero-order valence-corrected chi connectivity index (χ0v) is 21.8. The van der Waals surface area contributed by atoms with Crippen LogP contribution < -0.4 is 4.90 Å². The van der Waals surface area contributed by atoms with Crippen LogP contribution in [0.2, 0.25) is 5.02 Å². The summed E-state index contributed by atoms with van der Waals surface area (Å²) in [6.07, 6.45) is 3.35. The average molecular weight is 519 g/mol. The van der Waals surface area contributed by atoms with Crippen LogP contribution in [0, 0.1) is 17.8 Å². The molecule has 8 nitrogen and oxygen atoms in total. The highest BCUT2D eigenvalue weighted by molar-refractivity contribution is 6.30. The number of fused-ring (bicyclic) bond motifs is 1. The lowest BCUT2D eigenvalue weighted by atomic mass is 9.65. The van der Waals surface area contributed by atoms with Gasteiger partial charge in [-0.1, -0.05) is 38.4 Å². The number of carbonyl (C=O) groups excluding carboxylic acids is 2. The summed E-state index contributed by atoms with van der Waals surface area (Å²) in [5, 5.41) is 21.1. The number of hydrogen-bond donors (Lipinski definition) is 2. The summed E-state index contributed by atoms with van der Waals surface area (Å²) in [6, 6.07) is 5.09. The van der Waals surface area contributed by atoms with Crippen molar-refractivity contribution < 1.29 is 29.3 Å². The number of likely N-dealkylation sites (tertiary alicyclic amines) is 1. The number of carboxylic acids is 1. The van der Waals surface area contributed by atoms with Gasteiger partial charge in [0.1, 0.15) is 17.6 Å². The second kappa shape index (κ2) is 9.80. The number of anilines is 1. The van der Waals surface area contributed by atoms with Crippen molar-refractivity contribution in [3.05, 3.63) is 41.9 Å². The van der Waals surface area contributed by atoms with Gasteiger partial charge in [0.2, 0.25) is 5.91 Å². The number of carbonyl (C=O) groups is 3. The van der Waals surface area contributed by atoms with Gasteiger partial charge in [-0.05, 0) is 55.9 Å². The van der Waals surface area contributed by atoms with Crippen LogP contribution in [-0.2, 0) is 19.1 Å². The minimum Gasteiger partial charge on any atom is -0.481 e. The Kier molecular flexibility index (Phi) is 7.25. The monoisotopic (exact) mass is 518 g/mol. The van der Waals surface area contributed by atoms with Crippen molar-refractivity contribution in [3.8, 4) is 0 Å². The minimum atomic E-state index is -1.27. The van der Waals surface area contributed by atoms with E-state index in [-0.39, 0.29) is 25.0 Å². The maximum absolute atomic E-state index is 14.4. The van der Waals surface area contributed by atoms with Gasteiger partial charge in [0.25, 0.3) is 5.91 Å². The molecule has 2 bridgehead atoms. The minimum absolute atomic E-state index is 0.138. The zero-order chi connectivity index (χ0) is 26.4. The molecule has 2 amide bonds. The van der Waals surface area contributed by atoms with Crippen LogP contribution in [0.3, 0.4) is 0 Å². The average Bonchev–Trinajstić information content (AvgIpc) is 3.45. The Balaban J connectivity index is 1.87. The Bertz CT molecular complexity index is 1050. The number of amides is 2. The van der Waals surface area contributed by atoms with E-state index in [0.29, 0.717) is 36.4 Å². The summed E-state index contributed by atoms with van der Waals surface area (Å²) in [4.78, 5) is 44.0. The molecule has 3 fully saturated rings. The number of aliphatic hydroxyl groups excluding tert-OH is 1. The summed E-state index contributed by atoms with van der Waals surface area (Å²) in [6.45, 7) is 9.46. The number of rotatable bonds is 10. The third-order valence-corrected chi connectivity index (χ3v) is 8.43. The van der Waals surface area contributed by atoms with Gasteiger partial charge in [-0.3, -0.25) is 14.4 Å². The number of benzene rings is 1. The Morgan fingerprint density at radius 3 is 2.50 bits per heavy atom. The predicted octanol–water partition coefficient (Wildman–Crippen LogP) is 3.51. The van der Waals surface area contributed by atoms with Gasteiger partial charge in [0.05, 0.1) is 24.2 Å². The highest BCUT2D eigenvalue weighted by atomic mass is 35.5. The normalized spacial score (nSPS) is 31.6. The van der Waals surface area contributed by atoms with Crippen LogP contribution in [-0.4, -0.2) is 69.3 Å². The van der Waals surface area contributed by atoms with E-state index in [2.05, 4.69) is 6.58 Å². The molecule has 3 saturated heterocycles. The van der Waals surface area contributed by atoms with E-state index in [1.165, 1.54) is 9.80 Å². The number of carboxylic acid groups (broad SMARTS) is 1. The van der Waals surface area contributed by atoms with E-state index in [9.17, 15) is 24.6 Å². The molecule has 2 unspecified atom stereocenters. The molecule has 3 aliphatic heterocycles. The van der Waals surface area contributed by atoms with Crippen molar-refractivity contribution in [3.63, 3.8) is 0 Å². The summed E-state index contributed by atoms with van der Waals surface area (Å²) in [5.74, 6) is -3.80. The largest absolute Gasteiger partial charge is 0.481 e. The van der Waals surface area contributed by atoms with Crippen LogP contribution >= 0.6 is 11.6 Å². The molecule has 0 aromatic heterocycles. The Morgan fingerprint density at radius 2 is 1.97 bits per heavy atom. The smallest absolute Gasteiger partial charge is 0.310 e. The highest BCUT2D eigenvalue weighted by Crippen LogP contribution is 2.64. The molecule has 1 aromatic carbocycles. The fourth-order valence-electron chi connectivity index (χ4n) is 6.74. The highest BCUT2D eigenvalue weighted by Gasteiger charge is 2.79. The van der Waals surface area contributed by atoms with E-state index in [1.807, 2.05) is 20.8 Å². The molecule has 1 aromatic rings. The second-order valence-electron chi connectivity index (χ2n) is 10.6. The lowest BCUT2D eigenvalue weighted by Crippen LogP contribution is -2.59. The van der Waals surface area contributed by atoms with Crippen molar-refractivity contribution in [2.45, 2.75) is 69.7 Å². The van der Waals surface area contributed by atoms with Crippen LogP contribution in [0.25, 0.3) is 0 Å². The van der Waals surface area contributed by atoms with Gasteiger partial charge >= 0.3 is 5.97 Å². The number of ether oxygens (including phenoxy) is 1. The predicted molar refractivity (Wildman–Crippen MR) is 136 cm³/mol. The van der Waals surface area contributed by atoms with Crippen LogP contribution in [0.15, 0.2) is 36.9 Å². The second-order valence-corrected chi connectivity index (χ2v) is 11.0.